The first-order valence-electron chi connectivity index (χ1n) is 9.22. The van der Waals surface area contributed by atoms with E-state index in [1.807, 2.05) is 19.1 Å². The summed E-state index contributed by atoms with van der Waals surface area (Å²) in [6.07, 6.45) is 1.55. The Morgan fingerprint density at radius 2 is 1.87 bits per heavy atom. The molecule has 0 aliphatic heterocycles. The van der Waals surface area contributed by atoms with Crippen LogP contribution >= 0.6 is 0 Å². The van der Waals surface area contributed by atoms with E-state index < -0.39 is 27.4 Å². The first kappa shape index (κ1) is 23.1. The van der Waals surface area contributed by atoms with Crippen molar-refractivity contribution in [2.75, 3.05) is 24.2 Å². The Kier molecular flexibility index (Phi) is 7.38. The van der Waals surface area contributed by atoms with Gasteiger partial charge in [-0.3, -0.25) is 19.2 Å². The molecule has 9 nitrogen and oxygen atoms in total. The number of hydrogen-bond donors (Lipinski definition) is 1. The van der Waals surface area contributed by atoms with Gasteiger partial charge in [-0.1, -0.05) is 25.1 Å². The highest BCUT2D eigenvalue weighted by Gasteiger charge is 2.25. The van der Waals surface area contributed by atoms with E-state index in [9.17, 15) is 23.3 Å². The van der Waals surface area contributed by atoms with Gasteiger partial charge in [-0.05, 0) is 36.6 Å². The second-order valence-electron chi connectivity index (χ2n) is 6.80. The van der Waals surface area contributed by atoms with E-state index in [0.717, 1.165) is 22.2 Å². The summed E-state index contributed by atoms with van der Waals surface area (Å²) < 4.78 is 30.7. The van der Waals surface area contributed by atoms with Gasteiger partial charge in [-0.25, -0.2) is 8.42 Å². The lowest BCUT2D eigenvalue weighted by Crippen LogP contribution is -2.41. The number of nitrogens with zero attached hydrogens (tertiary/aromatic N) is 2. The molecule has 0 aliphatic rings. The molecule has 0 heterocycles. The Morgan fingerprint density at radius 1 is 1.23 bits per heavy atom. The summed E-state index contributed by atoms with van der Waals surface area (Å²) in [5, 5.41) is 13.9. The van der Waals surface area contributed by atoms with E-state index in [4.69, 9.17) is 4.74 Å². The van der Waals surface area contributed by atoms with Gasteiger partial charge in [0.25, 0.3) is 5.69 Å². The van der Waals surface area contributed by atoms with Gasteiger partial charge in [0, 0.05) is 12.1 Å². The molecule has 0 aromatic heterocycles. The first-order valence-corrected chi connectivity index (χ1v) is 11.1. The summed E-state index contributed by atoms with van der Waals surface area (Å²) in [5.74, 6) is 0.165. The largest absolute Gasteiger partial charge is 0.497 e. The lowest BCUT2D eigenvalue weighted by atomic mass is 10.0. The molecule has 0 bridgehead atoms. The fourth-order valence-electron chi connectivity index (χ4n) is 2.99. The van der Waals surface area contributed by atoms with E-state index in [-0.39, 0.29) is 17.4 Å². The van der Waals surface area contributed by atoms with Crippen molar-refractivity contribution in [3.05, 3.63) is 63.7 Å². The Balaban J connectivity index is 2.27. The molecule has 162 valence electrons. The standard InChI is InChI=1S/C20H25N3O6S/c1-5-18(15-7-10-17(29-3)11-8-15)21-20(24)13-22(30(4,27)28)19-12-16(23(25)26)9-6-14(19)2/h6-12,18H,5,13H2,1-4H3,(H,21,24). The molecule has 1 unspecified atom stereocenters. The zero-order valence-corrected chi connectivity index (χ0v) is 18.1. The molecule has 0 saturated carbocycles. The van der Waals surface area contributed by atoms with Crippen molar-refractivity contribution in [3.63, 3.8) is 0 Å². The van der Waals surface area contributed by atoms with Gasteiger partial charge in [0.05, 0.1) is 30.0 Å². The zero-order valence-electron chi connectivity index (χ0n) is 17.3. The van der Waals surface area contributed by atoms with Crippen LogP contribution in [0, 0.1) is 17.0 Å². The number of ether oxygens (including phenoxy) is 1. The summed E-state index contributed by atoms with van der Waals surface area (Å²) in [6, 6.07) is 10.8. The lowest BCUT2D eigenvalue weighted by molar-refractivity contribution is -0.384. The van der Waals surface area contributed by atoms with Crippen molar-refractivity contribution < 1.29 is 22.9 Å². The van der Waals surface area contributed by atoms with Crippen LogP contribution in [0.4, 0.5) is 11.4 Å². The number of sulfonamides is 1. The highest BCUT2D eigenvalue weighted by Crippen LogP contribution is 2.27. The minimum absolute atomic E-state index is 0.0966. The van der Waals surface area contributed by atoms with Crippen molar-refractivity contribution in [2.45, 2.75) is 26.3 Å². The van der Waals surface area contributed by atoms with Gasteiger partial charge in [0.2, 0.25) is 15.9 Å². The number of carbonyl (C=O) groups excluding carboxylic acids is 1. The van der Waals surface area contributed by atoms with Crippen LogP contribution in [0.15, 0.2) is 42.5 Å². The summed E-state index contributed by atoms with van der Waals surface area (Å²) in [5.41, 5.74) is 1.19. The number of anilines is 1. The summed E-state index contributed by atoms with van der Waals surface area (Å²) in [7, 11) is -2.30. The van der Waals surface area contributed by atoms with Crippen molar-refractivity contribution in [1.29, 1.82) is 0 Å². The van der Waals surface area contributed by atoms with E-state index in [2.05, 4.69) is 5.32 Å². The monoisotopic (exact) mass is 435 g/mol. The molecule has 0 saturated heterocycles. The lowest BCUT2D eigenvalue weighted by Gasteiger charge is -2.25. The van der Waals surface area contributed by atoms with Gasteiger partial charge in [0.15, 0.2) is 0 Å². The van der Waals surface area contributed by atoms with Crippen LogP contribution in [0.2, 0.25) is 0 Å². The van der Waals surface area contributed by atoms with Gasteiger partial charge < -0.3 is 10.1 Å². The highest BCUT2D eigenvalue weighted by molar-refractivity contribution is 7.92. The van der Waals surface area contributed by atoms with Gasteiger partial charge >= 0.3 is 0 Å². The predicted octanol–water partition coefficient (Wildman–Crippen LogP) is 2.95. The number of benzene rings is 2. The van der Waals surface area contributed by atoms with E-state index in [1.54, 1.807) is 26.2 Å². The van der Waals surface area contributed by atoms with Crippen LogP contribution in [0.25, 0.3) is 0 Å². The maximum absolute atomic E-state index is 12.7. The molecule has 1 N–H and O–H groups in total. The molecule has 0 spiro atoms. The molecular formula is C20H25N3O6S. The van der Waals surface area contributed by atoms with Crippen molar-refractivity contribution in [3.8, 4) is 5.75 Å². The molecule has 2 aromatic rings. The summed E-state index contributed by atoms with van der Waals surface area (Å²) in [6.45, 7) is 3.03. The van der Waals surface area contributed by atoms with Crippen LogP contribution in [0.3, 0.4) is 0 Å². The minimum Gasteiger partial charge on any atom is -0.497 e. The third kappa shape index (κ3) is 5.69. The Morgan fingerprint density at radius 3 is 2.37 bits per heavy atom. The SMILES string of the molecule is CCC(NC(=O)CN(c1cc([N+](=O)[O-])ccc1C)S(C)(=O)=O)c1ccc(OC)cc1. The number of methoxy groups -OCH3 is 1. The molecule has 0 radical (unpaired) electrons. The maximum atomic E-state index is 12.7. The number of hydrogen-bond acceptors (Lipinski definition) is 6. The van der Waals surface area contributed by atoms with Crippen LogP contribution < -0.4 is 14.4 Å². The van der Waals surface area contributed by atoms with Crippen molar-refractivity contribution >= 4 is 27.3 Å². The summed E-state index contributed by atoms with van der Waals surface area (Å²) >= 11 is 0. The fraction of sp³-hybridized carbons (Fsp3) is 0.350. The van der Waals surface area contributed by atoms with Gasteiger partial charge in [0.1, 0.15) is 12.3 Å². The molecule has 1 atom stereocenters. The van der Waals surface area contributed by atoms with Crippen LogP contribution in [0.1, 0.15) is 30.5 Å². The molecule has 10 heteroatoms. The number of rotatable bonds is 9. The average molecular weight is 436 g/mol. The Hall–Kier alpha value is -3.14. The van der Waals surface area contributed by atoms with Gasteiger partial charge in [-0.2, -0.15) is 0 Å². The smallest absolute Gasteiger partial charge is 0.271 e. The summed E-state index contributed by atoms with van der Waals surface area (Å²) in [4.78, 5) is 23.2. The third-order valence-corrected chi connectivity index (χ3v) is 5.75. The number of carbonyl (C=O) groups is 1. The third-order valence-electron chi connectivity index (χ3n) is 4.62. The fourth-order valence-corrected chi connectivity index (χ4v) is 3.89. The Bertz CT molecular complexity index is 1020. The van der Waals surface area contributed by atoms with Crippen LogP contribution in [0.5, 0.6) is 5.75 Å². The van der Waals surface area contributed by atoms with Crippen molar-refractivity contribution in [1.82, 2.24) is 5.32 Å². The topological polar surface area (TPSA) is 119 Å². The molecule has 0 fully saturated rings. The Labute approximate surface area is 175 Å². The van der Waals surface area contributed by atoms with Gasteiger partial charge in [-0.15, -0.1) is 0 Å². The number of non-ortho nitro benzene ring substituents is 1. The van der Waals surface area contributed by atoms with Crippen molar-refractivity contribution in [2.24, 2.45) is 0 Å². The number of nitro groups is 1. The molecule has 2 rings (SSSR count). The molecule has 2 aromatic carbocycles. The first-order chi connectivity index (χ1) is 14.1. The van der Waals surface area contributed by atoms with Crippen LogP contribution in [-0.2, 0) is 14.8 Å². The predicted molar refractivity (Wildman–Crippen MR) is 114 cm³/mol. The normalized spacial score (nSPS) is 12.1. The number of nitrogens with one attached hydrogen (secondary N) is 1. The highest BCUT2D eigenvalue weighted by atomic mass is 32.2. The quantitative estimate of drug-likeness (QED) is 0.478. The van der Waals surface area contributed by atoms with E-state index >= 15 is 0 Å². The number of aryl methyl sites for hydroxylation is 1. The molecule has 0 aliphatic carbocycles. The second-order valence-corrected chi connectivity index (χ2v) is 8.71. The maximum Gasteiger partial charge on any atom is 0.271 e. The zero-order chi connectivity index (χ0) is 22.5. The molecular weight excluding hydrogens is 410 g/mol. The van der Waals surface area contributed by atoms with Crippen LogP contribution in [-0.4, -0.2) is 39.2 Å². The molecule has 30 heavy (non-hydrogen) atoms. The molecule has 1 amide bonds. The average Bonchev–Trinajstić information content (AvgIpc) is 2.70. The minimum atomic E-state index is -3.86. The number of nitro benzene ring substituents is 1. The van der Waals surface area contributed by atoms with E-state index in [1.165, 1.54) is 12.1 Å². The number of amides is 1. The van der Waals surface area contributed by atoms with E-state index in [0.29, 0.717) is 17.7 Å². The second kappa shape index (κ2) is 9.57.